The van der Waals surface area contributed by atoms with Gasteiger partial charge < -0.3 is 15.7 Å². The van der Waals surface area contributed by atoms with Crippen LogP contribution in [0.15, 0.2) is 18.3 Å². The lowest BCUT2D eigenvalue weighted by atomic mass is 9.96. The lowest BCUT2D eigenvalue weighted by molar-refractivity contribution is 0.102. The van der Waals surface area contributed by atoms with Gasteiger partial charge in [0.05, 0.1) is 6.10 Å². The first-order valence-corrected chi connectivity index (χ1v) is 6.22. The molecule has 4 nitrogen and oxygen atoms in total. The van der Waals surface area contributed by atoms with Crippen LogP contribution in [0.5, 0.6) is 0 Å². The summed E-state index contributed by atoms with van der Waals surface area (Å²) in [6, 6.07) is 3.98. The number of β-amino-alcohol motifs (C(OH)–C–C–N with tert-alkyl or cyclic N) is 1. The molecule has 1 aromatic heterocycles. The Morgan fingerprint density at radius 2 is 2.35 bits per heavy atom. The number of nitrogens with zero attached hydrogens (tertiary/aromatic N) is 2. The number of anilines is 1. The van der Waals surface area contributed by atoms with Crippen LogP contribution in [-0.2, 0) is 0 Å². The number of hydrogen-bond acceptors (Lipinski definition) is 4. The van der Waals surface area contributed by atoms with Gasteiger partial charge in [-0.3, -0.25) is 0 Å². The van der Waals surface area contributed by atoms with Gasteiger partial charge in [0.2, 0.25) is 0 Å². The molecule has 2 rings (SSSR count). The summed E-state index contributed by atoms with van der Waals surface area (Å²) in [5, 5.41) is 9.89. The number of pyridine rings is 1. The number of hydrogen-bond donors (Lipinski definition) is 2. The molecule has 0 saturated carbocycles. The first-order valence-electron chi connectivity index (χ1n) is 6.22. The highest BCUT2D eigenvalue weighted by atomic mass is 16.3. The highest BCUT2D eigenvalue weighted by molar-refractivity contribution is 5.42. The van der Waals surface area contributed by atoms with E-state index in [1.807, 2.05) is 19.1 Å². The molecular weight excluding hydrogens is 214 g/mol. The van der Waals surface area contributed by atoms with Gasteiger partial charge in [-0.15, -0.1) is 0 Å². The van der Waals surface area contributed by atoms with Crippen LogP contribution in [0.25, 0.3) is 0 Å². The maximum atomic E-state index is 9.89. The van der Waals surface area contributed by atoms with E-state index in [4.69, 9.17) is 5.73 Å². The van der Waals surface area contributed by atoms with Gasteiger partial charge in [-0.2, -0.15) is 0 Å². The number of rotatable bonds is 2. The fraction of sp³-hybridized carbons (Fsp3) is 0.615. The highest BCUT2D eigenvalue weighted by Crippen LogP contribution is 2.23. The van der Waals surface area contributed by atoms with E-state index in [0.29, 0.717) is 12.5 Å². The first-order chi connectivity index (χ1) is 8.08. The molecule has 94 valence electrons. The summed E-state index contributed by atoms with van der Waals surface area (Å²) >= 11 is 0. The van der Waals surface area contributed by atoms with Crippen molar-refractivity contribution in [1.29, 1.82) is 0 Å². The minimum Gasteiger partial charge on any atom is -0.391 e. The number of aliphatic hydroxyl groups excluding tert-OH is 1. The molecule has 3 N–H and O–H groups in total. The normalized spacial score (nSPS) is 26.9. The Balaban J connectivity index is 2.14. The van der Waals surface area contributed by atoms with E-state index in [1.165, 1.54) is 0 Å². The van der Waals surface area contributed by atoms with Crippen molar-refractivity contribution in [3.05, 3.63) is 23.9 Å². The van der Waals surface area contributed by atoms with Crippen LogP contribution in [0.4, 0.5) is 5.82 Å². The minimum absolute atomic E-state index is 0.0189. The molecule has 3 unspecified atom stereocenters. The first kappa shape index (κ1) is 12.3. The molecule has 3 atom stereocenters. The van der Waals surface area contributed by atoms with E-state index < -0.39 is 0 Å². The Kier molecular flexibility index (Phi) is 3.64. The number of aromatic nitrogens is 1. The van der Waals surface area contributed by atoms with Crippen molar-refractivity contribution in [2.24, 2.45) is 11.7 Å². The second-order valence-electron chi connectivity index (χ2n) is 5.02. The Morgan fingerprint density at radius 1 is 1.59 bits per heavy atom. The smallest absolute Gasteiger partial charge is 0.128 e. The van der Waals surface area contributed by atoms with E-state index in [9.17, 15) is 5.11 Å². The lowest BCUT2D eigenvalue weighted by Crippen LogP contribution is -2.43. The zero-order valence-electron chi connectivity index (χ0n) is 10.5. The van der Waals surface area contributed by atoms with Crippen LogP contribution in [0.1, 0.15) is 31.9 Å². The summed E-state index contributed by atoms with van der Waals surface area (Å²) in [6.07, 6.45) is 2.54. The van der Waals surface area contributed by atoms with E-state index >= 15 is 0 Å². The Labute approximate surface area is 102 Å². The molecule has 0 bridgehead atoms. The SMILES string of the molecule is CC(N)c1ccnc(N2CCC(C)C(O)C2)c1. The van der Waals surface area contributed by atoms with Gasteiger partial charge in [0, 0.05) is 25.3 Å². The average molecular weight is 235 g/mol. The van der Waals surface area contributed by atoms with Gasteiger partial charge in [0.15, 0.2) is 0 Å². The third kappa shape index (κ3) is 2.76. The third-order valence-electron chi connectivity index (χ3n) is 3.54. The Morgan fingerprint density at radius 3 is 3.00 bits per heavy atom. The second kappa shape index (κ2) is 5.02. The standard InChI is InChI=1S/C13H21N3O/c1-9-4-6-16(8-12(9)17)13-7-11(10(2)14)3-5-15-13/h3,5,7,9-10,12,17H,4,6,8,14H2,1-2H3. The number of aliphatic hydroxyl groups is 1. The number of piperidine rings is 1. The Bertz CT molecular complexity index is 381. The molecule has 1 fully saturated rings. The average Bonchev–Trinajstić information content (AvgIpc) is 2.33. The summed E-state index contributed by atoms with van der Waals surface area (Å²) in [6.45, 7) is 5.67. The van der Waals surface area contributed by atoms with Crippen molar-refractivity contribution in [3.8, 4) is 0 Å². The van der Waals surface area contributed by atoms with Crippen LogP contribution in [0, 0.1) is 5.92 Å². The molecule has 0 amide bonds. The molecule has 0 radical (unpaired) electrons. The molecular formula is C13H21N3O. The van der Waals surface area contributed by atoms with Gasteiger partial charge >= 0.3 is 0 Å². The lowest BCUT2D eigenvalue weighted by Gasteiger charge is -2.35. The molecule has 0 spiro atoms. The quantitative estimate of drug-likeness (QED) is 0.811. The van der Waals surface area contributed by atoms with Crippen LogP contribution in [0.2, 0.25) is 0 Å². The molecule has 2 heterocycles. The largest absolute Gasteiger partial charge is 0.391 e. The summed E-state index contributed by atoms with van der Waals surface area (Å²) in [4.78, 5) is 6.50. The van der Waals surface area contributed by atoms with E-state index in [0.717, 1.165) is 24.3 Å². The summed E-state index contributed by atoms with van der Waals surface area (Å²) < 4.78 is 0. The second-order valence-corrected chi connectivity index (χ2v) is 5.02. The fourth-order valence-corrected chi connectivity index (χ4v) is 2.15. The Hall–Kier alpha value is -1.13. The van der Waals surface area contributed by atoms with E-state index in [2.05, 4.69) is 16.8 Å². The molecule has 0 aliphatic carbocycles. The summed E-state index contributed by atoms with van der Waals surface area (Å²) in [5.41, 5.74) is 6.95. The molecule has 1 aliphatic heterocycles. The predicted octanol–water partition coefficient (Wildman–Crippen LogP) is 1.31. The van der Waals surface area contributed by atoms with Crippen molar-refractivity contribution in [3.63, 3.8) is 0 Å². The van der Waals surface area contributed by atoms with E-state index in [1.54, 1.807) is 6.20 Å². The molecule has 1 aliphatic rings. The minimum atomic E-state index is -0.260. The molecule has 1 saturated heterocycles. The van der Waals surface area contributed by atoms with Gasteiger partial charge in [0.25, 0.3) is 0 Å². The van der Waals surface area contributed by atoms with Crippen LogP contribution < -0.4 is 10.6 Å². The topological polar surface area (TPSA) is 62.4 Å². The van der Waals surface area contributed by atoms with Crippen LogP contribution in [-0.4, -0.2) is 29.3 Å². The van der Waals surface area contributed by atoms with Crippen molar-refractivity contribution in [2.75, 3.05) is 18.0 Å². The predicted molar refractivity (Wildman–Crippen MR) is 68.8 cm³/mol. The monoisotopic (exact) mass is 235 g/mol. The van der Waals surface area contributed by atoms with Crippen molar-refractivity contribution in [1.82, 2.24) is 4.98 Å². The zero-order valence-corrected chi connectivity index (χ0v) is 10.5. The van der Waals surface area contributed by atoms with Gasteiger partial charge in [0.1, 0.15) is 5.82 Å². The maximum Gasteiger partial charge on any atom is 0.128 e. The van der Waals surface area contributed by atoms with Crippen molar-refractivity contribution >= 4 is 5.82 Å². The molecule has 17 heavy (non-hydrogen) atoms. The molecule has 0 aromatic carbocycles. The number of nitrogens with two attached hydrogens (primary N) is 1. The fourth-order valence-electron chi connectivity index (χ4n) is 2.15. The van der Waals surface area contributed by atoms with Crippen LogP contribution >= 0.6 is 0 Å². The summed E-state index contributed by atoms with van der Waals surface area (Å²) in [5.74, 6) is 1.30. The van der Waals surface area contributed by atoms with Gasteiger partial charge in [-0.1, -0.05) is 6.92 Å². The van der Waals surface area contributed by atoms with Crippen molar-refractivity contribution < 1.29 is 5.11 Å². The highest BCUT2D eigenvalue weighted by Gasteiger charge is 2.25. The third-order valence-corrected chi connectivity index (χ3v) is 3.54. The van der Waals surface area contributed by atoms with Crippen LogP contribution in [0.3, 0.4) is 0 Å². The van der Waals surface area contributed by atoms with Crippen molar-refractivity contribution in [2.45, 2.75) is 32.4 Å². The van der Waals surface area contributed by atoms with Gasteiger partial charge in [-0.25, -0.2) is 4.98 Å². The molecule has 1 aromatic rings. The zero-order chi connectivity index (χ0) is 12.4. The molecule has 4 heteroatoms. The van der Waals surface area contributed by atoms with E-state index in [-0.39, 0.29) is 12.1 Å². The van der Waals surface area contributed by atoms with Gasteiger partial charge in [-0.05, 0) is 37.0 Å². The summed E-state index contributed by atoms with van der Waals surface area (Å²) in [7, 11) is 0. The maximum absolute atomic E-state index is 9.89.